The highest BCUT2D eigenvalue weighted by atomic mass is 16.6. The lowest BCUT2D eigenvalue weighted by Gasteiger charge is -2.18. The molecule has 0 heterocycles. The molecular formula is C20H23NO6. The van der Waals surface area contributed by atoms with E-state index in [1.807, 2.05) is 6.07 Å². The van der Waals surface area contributed by atoms with E-state index in [2.05, 4.69) is 5.32 Å². The summed E-state index contributed by atoms with van der Waals surface area (Å²) in [6.45, 7) is 1.76. The second-order valence-corrected chi connectivity index (χ2v) is 5.54. The molecule has 0 aliphatic rings. The van der Waals surface area contributed by atoms with Gasteiger partial charge in [-0.25, -0.2) is 4.79 Å². The number of hydrogen-bond acceptors (Lipinski definition) is 6. The second-order valence-electron chi connectivity index (χ2n) is 5.54. The van der Waals surface area contributed by atoms with Crippen LogP contribution < -0.4 is 19.5 Å². The minimum atomic E-state index is -0.949. The topological polar surface area (TPSA) is 83.1 Å². The van der Waals surface area contributed by atoms with Crippen LogP contribution in [0.2, 0.25) is 0 Å². The van der Waals surface area contributed by atoms with Gasteiger partial charge < -0.3 is 24.3 Å². The fraction of sp³-hybridized carbons (Fsp3) is 0.300. The van der Waals surface area contributed by atoms with Gasteiger partial charge in [-0.2, -0.15) is 0 Å². The van der Waals surface area contributed by atoms with Gasteiger partial charge in [-0.05, 0) is 30.7 Å². The Hall–Kier alpha value is -3.22. The van der Waals surface area contributed by atoms with Gasteiger partial charge in [0, 0.05) is 5.69 Å². The molecule has 0 radical (unpaired) electrons. The van der Waals surface area contributed by atoms with Crippen molar-refractivity contribution in [1.82, 2.24) is 0 Å². The molecule has 144 valence electrons. The molecule has 2 aromatic rings. The maximum atomic E-state index is 12.6. The van der Waals surface area contributed by atoms with E-state index in [1.54, 1.807) is 37.3 Å². The van der Waals surface area contributed by atoms with E-state index in [1.165, 1.54) is 27.4 Å². The lowest BCUT2D eigenvalue weighted by atomic mass is 10.1. The van der Waals surface area contributed by atoms with Gasteiger partial charge in [0.2, 0.25) is 5.75 Å². The first kappa shape index (κ1) is 20.1. The largest absolute Gasteiger partial charge is 0.493 e. The smallest absolute Gasteiger partial charge is 0.342 e. The number of rotatable bonds is 8. The lowest BCUT2D eigenvalue weighted by Crippen LogP contribution is -2.32. The van der Waals surface area contributed by atoms with Gasteiger partial charge in [0.25, 0.3) is 5.91 Å². The number of carbonyl (C=O) groups excluding carboxylic acids is 2. The average molecular weight is 373 g/mol. The second kappa shape index (κ2) is 9.47. The zero-order chi connectivity index (χ0) is 19.8. The number of esters is 1. The quantitative estimate of drug-likeness (QED) is 0.715. The van der Waals surface area contributed by atoms with Crippen LogP contribution in [0.25, 0.3) is 0 Å². The van der Waals surface area contributed by atoms with Crippen LogP contribution in [0.5, 0.6) is 17.2 Å². The molecule has 0 fully saturated rings. The number of hydrogen-bond donors (Lipinski definition) is 1. The molecule has 2 rings (SSSR count). The minimum absolute atomic E-state index is 0.140. The van der Waals surface area contributed by atoms with Crippen LogP contribution in [0, 0.1) is 0 Å². The van der Waals surface area contributed by atoms with E-state index >= 15 is 0 Å². The summed E-state index contributed by atoms with van der Waals surface area (Å²) in [4.78, 5) is 25.1. The molecule has 0 aliphatic carbocycles. The van der Waals surface area contributed by atoms with Crippen LogP contribution in [0.15, 0.2) is 42.5 Å². The molecule has 0 saturated carbocycles. The number of para-hydroxylation sites is 1. The number of nitrogens with one attached hydrogen (secondary N) is 1. The van der Waals surface area contributed by atoms with Crippen molar-refractivity contribution in [2.45, 2.75) is 19.4 Å². The van der Waals surface area contributed by atoms with E-state index in [9.17, 15) is 9.59 Å². The Morgan fingerprint density at radius 1 is 0.926 bits per heavy atom. The molecule has 1 unspecified atom stereocenters. The third-order valence-corrected chi connectivity index (χ3v) is 3.88. The molecule has 7 heteroatoms. The average Bonchev–Trinajstić information content (AvgIpc) is 2.70. The molecule has 0 spiro atoms. The summed E-state index contributed by atoms with van der Waals surface area (Å²) in [7, 11) is 4.33. The monoisotopic (exact) mass is 373 g/mol. The van der Waals surface area contributed by atoms with E-state index in [4.69, 9.17) is 18.9 Å². The first-order valence-corrected chi connectivity index (χ1v) is 8.41. The zero-order valence-electron chi connectivity index (χ0n) is 15.8. The van der Waals surface area contributed by atoms with Crippen LogP contribution in [-0.4, -0.2) is 39.3 Å². The van der Waals surface area contributed by atoms with Gasteiger partial charge in [-0.3, -0.25) is 4.79 Å². The van der Waals surface area contributed by atoms with Crippen molar-refractivity contribution in [3.63, 3.8) is 0 Å². The molecule has 0 aliphatic heterocycles. The van der Waals surface area contributed by atoms with Gasteiger partial charge in [-0.1, -0.05) is 25.1 Å². The Balaban J connectivity index is 2.20. The van der Waals surface area contributed by atoms with Crippen molar-refractivity contribution < 1.29 is 28.5 Å². The Morgan fingerprint density at radius 3 is 2.15 bits per heavy atom. The standard InChI is InChI=1S/C20H23NO6/c1-5-15(19(22)21-13-9-7-6-8-10-13)27-20(23)14-11-12-16(24-2)18(26-4)17(14)25-3/h6-12,15H,5H2,1-4H3,(H,21,22). The molecule has 27 heavy (non-hydrogen) atoms. The van der Waals surface area contributed by atoms with Gasteiger partial charge in [0.05, 0.1) is 21.3 Å². The van der Waals surface area contributed by atoms with Crippen LogP contribution in [0.3, 0.4) is 0 Å². The van der Waals surface area contributed by atoms with Crippen LogP contribution in [0.4, 0.5) is 5.69 Å². The Kier molecular flexibility index (Phi) is 7.05. The fourth-order valence-electron chi connectivity index (χ4n) is 2.52. The molecule has 0 bridgehead atoms. The molecule has 0 aromatic heterocycles. The van der Waals surface area contributed by atoms with Crippen molar-refractivity contribution in [3.8, 4) is 17.2 Å². The SMILES string of the molecule is CCC(OC(=O)c1ccc(OC)c(OC)c1OC)C(=O)Nc1ccccc1. The van der Waals surface area contributed by atoms with Crippen molar-refractivity contribution in [1.29, 1.82) is 0 Å². The zero-order valence-corrected chi connectivity index (χ0v) is 15.8. The van der Waals surface area contributed by atoms with E-state index in [0.717, 1.165) is 0 Å². The summed E-state index contributed by atoms with van der Waals surface area (Å²) >= 11 is 0. The maximum Gasteiger partial charge on any atom is 0.342 e. The highest BCUT2D eigenvalue weighted by Gasteiger charge is 2.26. The van der Waals surface area contributed by atoms with E-state index in [-0.39, 0.29) is 17.1 Å². The Morgan fingerprint density at radius 2 is 1.59 bits per heavy atom. The summed E-state index contributed by atoms with van der Waals surface area (Å²) in [5.74, 6) is -0.226. The van der Waals surface area contributed by atoms with Crippen molar-refractivity contribution in [3.05, 3.63) is 48.0 Å². The first-order valence-electron chi connectivity index (χ1n) is 8.41. The molecule has 1 amide bonds. The highest BCUT2D eigenvalue weighted by Crippen LogP contribution is 2.40. The van der Waals surface area contributed by atoms with Gasteiger partial charge >= 0.3 is 5.97 Å². The van der Waals surface area contributed by atoms with Crippen molar-refractivity contribution in [2.75, 3.05) is 26.6 Å². The molecular weight excluding hydrogens is 350 g/mol. The van der Waals surface area contributed by atoms with Crippen LogP contribution in [-0.2, 0) is 9.53 Å². The van der Waals surface area contributed by atoms with Crippen LogP contribution in [0.1, 0.15) is 23.7 Å². The number of ether oxygens (including phenoxy) is 4. The molecule has 1 N–H and O–H groups in total. The number of anilines is 1. The van der Waals surface area contributed by atoms with Gasteiger partial charge in [-0.15, -0.1) is 0 Å². The molecule has 7 nitrogen and oxygen atoms in total. The van der Waals surface area contributed by atoms with E-state index < -0.39 is 18.0 Å². The molecule has 2 aromatic carbocycles. The maximum absolute atomic E-state index is 12.6. The number of benzene rings is 2. The summed E-state index contributed by atoms with van der Waals surface area (Å²) in [6.07, 6.45) is -0.629. The minimum Gasteiger partial charge on any atom is -0.493 e. The fourth-order valence-corrected chi connectivity index (χ4v) is 2.52. The number of methoxy groups -OCH3 is 3. The molecule has 0 saturated heterocycles. The highest BCUT2D eigenvalue weighted by molar-refractivity contribution is 5.99. The predicted octanol–water partition coefficient (Wildman–Crippen LogP) is 3.29. The Bertz CT molecular complexity index is 791. The lowest BCUT2D eigenvalue weighted by molar-refractivity contribution is -0.124. The van der Waals surface area contributed by atoms with Crippen molar-refractivity contribution >= 4 is 17.6 Å². The van der Waals surface area contributed by atoms with Crippen molar-refractivity contribution in [2.24, 2.45) is 0 Å². The molecule has 1 atom stereocenters. The number of carbonyl (C=O) groups is 2. The normalized spacial score (nSPS) is 11.3. The third-order valence-electron chi connectivity index (χ3n) is 3.88. The third kappa shape index (κ3) is 4.69. The number of amides is 1. The van der Waals surface area contributed by atoms with Gasteiger partial charge in [0.1, 0.15) is 5.56 Å². The predicted molar refractivity (Wildman–Crippen MR) is 101 cm³/mol. The van der Waals surface area contributed by atoms with E-state index in [0.29, 0.717) is 17.9 Å². The Labute approximate surface area is 158 Å². The first-order chi connectivity index (χ1) is 13.0. The van der Waals surface area contributed by atoms with Gasteiger partial charge in [0.15, 0.2) is 17.6 Å². The summed E-state index contributed by atoms with van der Waals surface area (Å²) < 4.78 is 21.2. The van der Waals surface area contributed by atoms with Crippen LogP contribution >= 0.6 is 0 Å². The summed E-state index contributed by atoms with van der Waals surface area (Å²) in [5, 5.41) is 2.73. The summed E-state index contributed by atoms with van der Waals surface area (Å²) in [6, 6.07) is 12.0. The summed E-state index contributed by atoms with van der Waals surface area (Å²) in [5.41, 5.74) is 0.766.